The largest absolute Gasteiger partial charge is 0.381 e. The summed E-state index contributed by atoms with van der Waals surface area (Å²) in [6, 6.07) is 0. The molecule has 0 aliphatic carbocycles. The fourth-order valence-electron chi connectivity index (χ4n) is 2.46. The minimum Gasteiger partial charge on any atom is -0.381 e. The average molecular weight is 315 g/mol. The number of hydrogen-bond donors (Lipinski definition) is 1. The third-order valence-electron chi connectivity index (χ3n) is 3.58. The van der Waals surface area contributed by atoms with Crippen LogP contribution in [0.4, 0.5) is 8.78 Å². The molecule has 2 heterocycles. The maximum Gasteiger partial charge on any atom is 0.319 e. The van der Waals surface area contributed by atoms with Crippen molar-refractivity contribution in [2.45, 2.75) is 26.4 Å². The average Bonchev–Trinajstić information content (AvgIpc) is 3.14. The van der Waals surface area contributed by atoms with Gasteiger partial charge in [0.25, 0.3) is 0 Å². The molecule has 1 aliphatic heterocycles. The van der Waals surface area contributed by atoms with Gasteiger partial charge in [-0.25, -0.2) is 9.98 Å². The molecule has 1 unspecified atom stereocenters. The van der Waals surface area contributed by atoms with Crippen molar-refractivity contribution in [3.05, 3.63) is 18.2 Å². The first-order chi connectivity index (χ1) is 10.6. The lowest BCUT2D eigenvalue weighted by Crippen LogP contribution is -2.41. The number of imidazole rings is 1. The standard InChI is InChI=1S/C14H23F2N5O/c1-3-17-14(20(2)9-11-4-7-22-10-11)19-8-12-18-5-6-21(12)13(15)16/h5-6,11,13H,3-4,7-10H2,1-2H3,(H,17,19). The minimum atomic E-state index is -2.59. The highest BCUT2D eigenvalue weighted by atomic mass is 19.3. The molecule has 0 bridgehead atoms. The number of nitrogens with zero attached hydrogens (tertiary/aromatic N) is 4. The van der Waals surface area contributed by atoms with Gasteiger partial charge in [0.15, 0.2) is 5.96 Å². The second kappa shape index (κ2) is 8.07. The van der Waals surface area contributed by atoms with Crippen molar-refractivity contribution in [2.24, 2.45) is 10.9 Å². The van der Waals surface area contributed by atoms with E-state index in [1.165, 1.54) is 12.4 Å². The number of rotatable bonds is 6. The molecular weight excluding hydrogens is 292 g/mol. The van der Waals surface area contributed by atoms with Crippen molar-refractivity contribution < 1.29 is 13.5 Å². The number of aromatic nitrogens is 2. The highest BCUT2D eigenvalue weighted by Crippen LogP contribution is 2.14. The van der Waals surface area contributed by atoms with E-state index >= 15 is 0 Å². The molecule has 0 radical (unpaired) electrons. The van der Waals surface area contributed by atoms with Crippen LogP contribution in [0, 0.1) is 5.92 Å². The van der Waals surface area contributed by atoms with Crippen molar-refractivity contribution >= 4 is 5.96 Å². The van der Waals surface area contributed by atoms with E-state index in [9.17, 15) is 8.78 Å². The Morgan fingerprint density at radius 3 is 3.09 bits per heavy atom. The molecule has 8 heteroatoms. The highest BCUT2D eigenvalue weighted by molar-refractivity contribution is 5.79. The second-order valence-electron chi connectivity index (χ2n) is 5.31. The second-order valence-corrected chi connectivity index (χ2v) is 5.31. The van der Waals surface area contributed by atoms with Gasteiger partial charge in [-0.1, -0.05) is 0 Å². The number of guanidine groups is 1. The zero-order valence-corrected chi connectivity index (χ0v) is 13.0. The fourth-order valence-corrected chi connectivity index (χ4v) is 2.46. The molecule has 1 aromatic rings. The van der Waals surface area contributed by atoms with Gasteiger partial charge >= 0.3 is 6.55 Å². The SMILES string of the molecule is CCNC(=NCc1nccn1C(F)F)N(C)CC1CCOC1. The number of alkyl halides is 2. The van der Waals surface area contributed by atoms with Crippen LogP contribution < -0.4 is 5.32 Å². The van der Waals surface area contributed by atoms with Crippen LogP contribution in [0.15, 0.2) is 17.4 Å². The molecule has 0 amide bonds. The van der Waals surface area contributed by atoms with E-state index < -0.39 is 6.55 Å². The van der Waals surface area contributed by atoms with Gasteiger partial charge in [-0.05, 0) is 13.3 Å². The molecular formula is C14H23F2N5O. The van der Waals surface area contributed by atoms with Gasteiger partial charge in [0, 0.05) is 45.1 Å². The van der Waals surface area contributed by atoms with E-state index in [2.05, 4.69) is 15.3 Å². The van der Waals surface area contributed by atoms with Crippen molar-refractivity contribution in [2.75, 3.05) is 33.4 Å². The Balaban J connectivity index is 2.00. The summed E-state index contributed by atoms with van der Waals surface area (Å²) in [5, 5.41) is 3.18. The monoisotopic (exact) mass is 315 g/mol. The summed E-state index contributed by atoms with van der Waals surface area (Å²) in [5.41, 5.74) is 0. The molecule has 0 saturated carbocycles. The number of hydrogen-bond acceptors (Lipinski definition) is 3. The number of aliphatic imine (C=N–C) groups is 1. The number of halogens is 2. The minimum absolute atomic E-state index is 0.116. The first-order valence-corrected chi connectivity index (χ1v) is 7.48. The lowest BCUT2D eigenvalue weighted by Gasteiger charge is -2.24. The van der Waals surface area contributed by atoms with E-state index in [1.54, 1.807) is 0 Å². The lowest BCUT2D eigenvalue weighted by atomic mass is 10.1. The zero-order valence-electron chi connectivity index (χ0n) is 13.0. The summed E-state index contributed by atoms with van der Waals surface area (Å²) in [5.74, 6) is 1.43. The van der Waals surface area contributed by atoms with Gasteiger partial charge in [-0.3, -0.25) is 4.57 Å². The summed E-state index contributed by atoms with van der Waals surface area (Å²) in [6.07, 6.45) is 3.67. The molecule has 1 saturated heterocycles. The lowest BCUT2D eigenvalue weighted by molar-refractivity contribution is 0.0671. The number of nitrogens with one attached hydrogen (secondary N) is 1. The Morgan fingerprint density at radius 1 is 1.64 bits per heavy atom. The van der Waals surface area contributed by atoms with E-state index in [4.69, 9.17) is 4.74 Å². The van der Waals surface area contributed by atoms with Gasteiger partial charge < -0.3 is 15.0 Å². The molecule has 2 rings (SSSR count). The van der Waals surface area contributed by atoms with Crippen LogP contribution in [0.2, 0.25) is 0 Å². The topological polar surface area (TPSA) is 54.7 Å². The van der Waals surface area contributed by atoms with Gasteiger partial charge in [-0.15, -0.1) is 0 Å². The van der Waals surface area contributed by atoms with Crippen LogP contribution >= 0.6 is 0 Å². The summed E-state index contributed by atoms with van der Waals surface area (Å²) >= 11 is 0. The van der Waals surface area contributed by atoms with Crippen LogP contribution in [0.3, 0.4) is 0 Å². The van der Waals surface area contributed by atoms with Crippen LogP contribution in [0.1, 0.15) is 25.7 Å². The van der Waals surface area contributed by atoms with Crippen LogP contribution in [-0.2, 0) is 11.3 Å². The summed E-state index contributed by atoms with van der Waals surface area (Å²) in [4.78, 5) is 10.4. The Hall–Kier alpha value is -1.70. The van der Waals surface area contributed by atoms with E-state index in [0.29, 0.717) is 18.4 Å². The van der Waals surface area contributed by atoms with E-state index in [0.717, 1.165) is 30.7 Å². The van der Waals surface area contributed by atoms with Crippen molar-refractivity contribution in [1.82, 2.24) is 19.8 Å². The predicted molar refractivity (Wildman–Crippen MR) is 79.9 cm³/mol. The third-order valence-corrected chi connectivity index (χ3v) is 3.58. The summed E-state index contributed by atoms with van der Waals surface area (Å²) < 4.78 is 31.8. The quantitative estimate of drug-likeness (QED) is 0.641. The molecule has 1 atom stereocenters. The fraction of sp³-hybridized carbons (Fsp3) is 0.714. The Labute approximate surface area is 129 Å². The molecule has 1 aromatic heterocycles. The molecule has 124 valence electrons. The first kappa shape index (κ1) is 16.7. The van der Waals surface area contributed by atoms with Crippen LogP contribution in [0.5, 0.6) is 0 Å². The zero-order chi connectivity index (χ0) is 15.9. The molecule has 0 aromatic carbocycles. The molecule has 1 N–H and O–H groups in total. The van der Waals surface area contributed by atoms with Crippen molar-refractivity contribution in [3.8, 4) is 0 Å². The molecule has 1 aliphatic rings. The summed E-state index contributed by atoms with van der Waals surface area (Å²) in [6.45, 7) is 2.61. The smallest absolute Gasteiger partial charge is 0.319 e. The maximum atomic E-state index is 12.8. The number of ether oxygens (including phenoxy) is 1. The van der Waals surface area contributed by atoms with Gasteiger partial charge in [0.05, 0.1) is 6.61 Å². The van der Waals surface area contributed by atoms with E-state index in [-0.39, 0.29) is 12.4 Å². The van der Waals surface area contributed by atoms with Gasteiger partial charge in [-0.2, -0.15) is 8.78 Å². The predicted octanol–water partition coefficient (Wildman–Crippen LogP) is 1.71. The molecule has 6 nitrogen and oxygen atoms in total. The summed E-state index contributed by atoms with van der Waals surface area (Å²) in [7, 11) is 1.94. The van der Waals surface area contributed by atoms with Crippen LogP contribution in [0.25, 0.3) is 0 Å². The van der Waals surface area contributed by atoms with Gasteiger partial charge in [0.2, 0.25) is 0 Å². The normalized spacial score (nSPS) is 19.0. The Bertz CT molecular complexity index is 485. The van der Waals surface area contributed by atoms with Gasteiger partial charge in [0.1, 0.15) is 12.4 Å². The molecule has 22 heavy (non-hydrogen) atoms. The van der Waals surface area contributed by atoms with Crippen molar-refractivity contribution in [1.29, 1.82) is 0 Å². The first-order valence-electron chi connectivity index (χ1n) is 7.48. The Kier molecular flexibility index (Phi) is 6.11. The molecule has 1 fully saturated rings. The van der Waals surface area contributed by atoms with Crippen molar-refractivity contribution in [3.63, 3.8) is 0 Å². The van der Waals surface area contributed by atoms with Crippen LogP contribution in [-0.4, -0.2) is 53.8 Å². The third kappa shape index (κ3) is 4.40. The maximum absolute atomic E-state index is 12.8. The molecule has 0 spiro atoms. The Morgan fingerprint density at radius 2 is 2.45 bits per heavy atom. The van der Waals surface area contributed by atoms with E-state index in [1.807, 2.05) is 18.9 Å². The highest BCUT2D eigenvalue weighted by Gasteiger charge is 2.19.